The minimum absolute atomic E-state index is 0. The van der Waals surface area contributed by atoms with Crippen molar-refractivity contribution in [2.75, 3.05) is 20.1 Å². The number of aliphatic imine (C=N–C) groups is 1. The van der Waals surface area contributed by atoms with Gasteiger partial charge in [0.05, 0.1) is 12.3 Å². The highest BCUT2D eigenvalue weighted by atomic mass is 127. The van der Waals surface area contributed by atoms with Crippen LogP contribution in [-0.4, -0.2) is 41.0 Å². The van der Waals surface area contributed by atoms with Gasteiger partial charge in [0, 0.05) is 38.9 Å². The van der Waals surface area contributed by atoms with Gasteiger partial charge in [-0.15, -0.1) is 24.0 Å². The van der Waals surface area contributed by atoms with Crippen molar-refractivity contribution in [1.82, 2.24) is 20.4 Å². The average Bonchev–Trinajstić information content (AvgIpc) is 3.10. The third-order valence-electron chi connectivity index (χ3n) is 3.83. The minimum Gasteiger partial charge on any atom is -0.386 e. The van der Waals surface area contributed by atoms with Crippen molar-refractivity contribution in [3.8, 4) is 0 Å². The van der Waals surface area contributed by atoms with Crippen molar-refractivity contribution in [2.45, 2.75) is 31.8 Å². The monoisotopic (exact) mass is 407 g/mol. The number of hydrogen-bond acceptors (Lipinski definition) is 3. The lowest BCUT2D eigenvalue weighted by molar-refractivity contribution is 0.180. The number of aliphatic hydroxyl groups is 1. The van der Waals surface area contributed by atoms with E-state index in [1.54, 1.807) is 17.9 Å². The molecule has 1 fully saturated rings. The maximum absolute atomic E-state index is 10.1. The normalized spacial score (nSPS) is 17.4. The van der Waals surface area contributed by atoms with E-state index in [4.69, 9.17) is 0 Å². The van der Waals surface area contributed by atoms with E-state index < -0.39 is 6.10 Å². The molecule has 0 radical (unpaired) electrons. The van der Waals surface area contributed by atoms with Crippen LogP contribution >= 0.6 is 24.0 Å². The van der Waals surface area contributed by atoms with Gasteiger partial charge in [0.15, 0.2) is 5.96 Å². The Morgan fingerprint density at radius 2 is 2.19 bits per heavy atom. The highest BCUT2D eigenvalue weighted by molar-refractivity contribution is 14.0. The summed E-state index contributed by atoms with van der Waals surface area (Å²) in [6.07, 6.45) is 8.23. The summed E-state index contributed by atoms with van der Waals surface area (Å²) in [5.41, 5.74) is 0.811. The number of halogens is 1. The molecule has 1 aromatic heterocycles. The number of guanidine groups is 1. The molecule has 3 N–H and O–H groups in total. The van der Waals surface area contributed by atoms with Crippen LogP contribution < -0.4 is 10.6 Å². The number of rotatable bonds is 5. The highest BCUT2D eigenvalue weighted by Crippen LogP contribution is 2.23. The van der Waals surface area contributed by atoms with Crippen LogP contribution in [0, 0.1) is 5.92 Å². The number of aliphatic hydroxyl groups excluding tert-OH is 1. The second kappa shape index (κ2) is 9.24. The molecule has 1 unspecified atom stereocenters. The smallest absolute Gasteiger partial charge is 0.191 e. The number of aryl methyl sites for hydroxylation is 1. The first kappa shape index (κ1) is 18.2. The Kier molecular flexibility index (Phi) is 8.02. The van der Waals surface area contributed by atoms with Gasteiger partial charge in [-0.05, 0) is 18.8 Å². The molecule has 0 aromatic carbocycles. The summed E-state index contributed by atoms with van der Waals surface area (Å²) < 4.78 is 1.69. The number of nitrogens with zero attached hydrogens (tertiary/aromatic N) is 3. The van der Waals surface area contributed by atoms with Crippen molar-refractivity contribution < 1.29 is 5.11 Å². The first-order valence-corrected chi connectivity index (χ1v) is 7.30. The van der Waals surface area contributed by atoms with Gasteiger partial charge in [-0.1, -0.05) is 12.8 Å². The van der Waals surface area contributed by atoms with Gasteiger partial charge in [0.25, 0.3) is 0 Å². The molecular weight excluding hydrogens is 381 g/mol. The Balaban J connectivity index is 0.00000220. The van der Waals surface area contributed by atoms with Crippen molar-refractivity contribution >= 4 is 29.9 Å². The predicted molar refractivity (Wildman–Crippen MR) is 94.9 cm³/mol. The van der Waals surface area contributed by atoms with Crippen molar-refractivity contribution in [1.29, 1.82) is 0 Å². The fourth-order valence-corrected chi connectivity index (χ4v) is 2.60. The third kappa shape index (κ3) is 5.82. The first-order chi connectivity index (χ1) is 9.69. The second-order valence-corrected chi connectivity index (χ2v) is 5.45. The van der Waals surface area contributed by atoms with Crippen LogP contribution in [-0.2, 0) is 7.05 Å². The van der Waals surface area contributed by atoms with Gasteiger partial charge < -0.3 is 15.7 Å². The molecule has 0 saturated heterocycles. The largest absolute Gasteiger partial charge is 0.386 e. The zero-order chi connectivity index (χ0) is 14.4. The van der Waals surface area contributed by atoms with Crippen LogP contribution in [0.2, 0.25) is 0 Å². The first-order valence-electron chi connectivity index (χ1n) is 7.30. The molecule has 0 amide bonds. The lowest BCUT2D eigenvalue weighted by Gasteiger charge is -2.16. The standard InChI is InChI=1S/C14H25N5O.HI/c1-15-14(16-7-11-5-3-4-6-11)17-9-13(20)12-8-18-19(2)10-12;/h8,10-11,13,20H,3-7,9H2,1-2H3,(H2,15,16,17);1H. The summed E-state index contributed by atoms with van der Waals surface area (Å²) in [6, 6.07) is 0. The van der Waals surface area contributed by atoms with Crippen LogP contribution in [0.3, 0.4) is 0 Å². The molecule has 1 aromatic rings. The molecule has 1 heterocycles. The number of hydrogen-bond donors (Lipinski definition) is 3. The van der Waals surface area contributed by atoms with Gasteiger partial charge in [-0.2, -0.15) is 5.10 Å². The minimum atomic E-state index is -0.575. The summed E-state index contributed by atoms with van der Waals surface area (Å²) >= 11 is 0. The van der Waals surface area contributed by atoms with Crippen molar-refractivity contribution in [3.05, 3.63) is 18.0 Å². The molecule has 1 aliphatic rings. The maximum Gasteiger partial charge on any atom is 0.191 e. The highest BCUT2D eigenvalue weighted by Gasteiger charge is 2.15. The Labute approximate surface area is 143 Å². The molecule has 0 bridgehead atoms. The van der Waals surface area contributed by atoms with Crippen LogP contribution in [0.4, 0.5) is 0 Å². The van der Waals surface area contributed by atoms with Crippen LogP contribution in [0.5, 0.6) is 0 Å². The van der Waals surface area contributed by atoms with E-state index in [9.17, 15) is 5.11 Å². The molecule has 6 nitrogen and oxygen atoms in total. The zero-order valence-electron chi connectivity index (χ0n) is 12.7. The Hall–Kier alpha value is -0.830. The Bertz CT molecular complexity index is 442. The molecule has 1 saturated carbocycles. The maximum atomic E-state index is 10.1. The van der Waals surface area contributed by atoms with Crippen LogP contribution in [0.25, 0.3) is 0 Å². The number of aromatic nitrogens is 2. The van der Waals surface area contributed by atoms with Gasteiger partial charge >= 0.3 is 0 Å². The van der Waals surface area contributed by atoms with Gasteiger partial charge in [0.1, 0.15) is 0 Å². The van der Waals surface area contributed by atoms with E-state index >= 15 is 0 Å². The fraction of sp³-hybridized carbons (Fsp3) is 0.714. The van der Waals surface area contributed by atoms with E-state index in [2.05, 4.69) is 20.7 Å². The van der Waals surface area contributed by atoms with E-state index in [1.165, 1.54) is 25.7 Å². The van der Waals surface area contributed by atoms with E-state index in [0.717, 1.165) is 24.0 Å². The van der Waals surface area contributed by atoms with Gasteiger partial charge in [-0.25, -0.2) is 0 Å². The molecule has 0 spiro atoms. The molecule has 1 aliphatic carbocycles. The van der Waals surface area contributed by atoms with E-state index in [1.807, 2.05) is 13.2 Å². The SMILES string of the molecule is CN=C(NCC1CCCC1)NCC(O)c1cnn(C)c1.I. The lowest BCUT2D eigenvalue weighted by atomic mass is 10.1. The molecule has 1 atom stereocenters. The molecule has 7 heteroatoms. The molecule has 21 heavy (non-hydrogen) atoms. The Morgan fingerprint density at radius 1 is 1.48 bits per heavy atom. The summed E-state index contributed by atoms with van der Waals surface area (Å²) in [4.78, 5) is 4.18. The molecule has 0 aliphatic heterocycles. The van der Waals surface area contributed by atoms with Crippen LogP contribution in [0.15, 0.2) is 17.4 Å². The third-order valence-corrected chi connectivity index (χ3v) is 3.83. The topological polar surface area (TPSA) is 74.5 Å². The van der Waals surface area contributed by atoms with Gasteiger partial charge in [-0.3, -0.25) is 9.67 Å². The lowest BCUT2D eigenvalue weighted by Crippen LogP contribution is -2.41. The second-order valence-electron chi connectivity index (χ2n) is 5.45. The quantitative estimate of drug-likeness (QED) is 0.392. The van der Waals surface area contributed by atoms with Crippen molar-refractivity contribution in [2.24, 2.45) is 18.0 Å². The summed E-state index contributed by atoms with van der Waals surface area (Å²) in [5.74, 6) is 1.51. The molecular formula is C14H26IN5O. The molecule has 120 valence electrons. The predicted octanol–water partition coefficient (Wildman–Crippen LogP) is 1.43. The summed E-state index contributed by atoms with van der Waals surface area (Å²) in [7, 11) is 3.59. The fourth-order valence-electron chi connectivity index (χ4n) is 2.60. The zero-order valence-corrected chi connectivity index (χ0v) is 15.1. The summed E-state index contributed by atoms with van der Waals surface area (Å²) in [6.45, 7) is 1.39. The van der Waals surface area contributed by atoms with E-state index in [-0.39, 0.29) is 24.0 Å². The average molecular weight is 407 g/mol. The number of nitrogens with one attached hydrogen (secondary N) is 2. The van der Waals surface area contributed by atoms with Crippen LogP contribution in [0.1, 0.15) is 37.4 Å². The summed E-state index contributed by atoms with van der Waals surface area (Å²) in [5, 5.41) is 20.6. The van der Waals surface area contributed by atoms with Gasteiger partial charge in [0.2, 0.25) is 0 Å². The van der Waals surface area contributed by atoms with E-state index in [0.29, 0.717) is 6.54 Å². The molecule has 2 rings (SSSR count). The van der Waals surface area contributed by atoms with Crippen molar-refractivity contribution in [3.63, 3.8) is 0 Å². The Morgan fingerprint density at radius 3 is 2.76 bits per heavy atom.